The lowest BCUT2D eigenvalue weighted by Crippen LogP contribution is -2.04. The van der Waals surface area contributed by atoms with Crippen molar-refractivity contribution in [1.29, 1.82) is 0 Å². The number of nitrogens with zero attached hydrogens (tertiary/aromatic N) is 3. The highest BCUT2D eigenvalue weighted by atomic mass is 16.3. The second kappa shape index (κ2) is 11.2. The van der Waals surface area contributed by atoms with E-state index in [4.69, 9.17) is 14.4 Å². The topological polar surface area (TPSA) is 43.9 Å². The number of hydrogen-bond acceptors (Lipinski definition) is 3. The maximum Gasteiger partial charge on any atom is 0.235 e. The quantitative estimate of drug-likeness (QED) is 0.176. The summed E-state index contributed by atoms with van der Waals surface area (Å²) < 4.78 is 8.54. The molecule has 0 amide bonds. The monoisotopic (exact) mass is 663 g/mol. The molecule has 4 nitrogen and oxygen atoms in total. The molecule has 242 valence electrons. The molecule has 8 aromatic carbocycles. The van der Waals surface area contributed by atoms with E-state index < -0.39 is 0 Å². The summed E-state index contributed by atoms with van der Waals surface area (Å²) >= 11 is 0. The maximum atomic E-state index is 6.33. The van der Waals surface area contributed by atoms with Gasteiger partial charge in [-0.1, -0.05) is 127 Å². The lowest BCUT2D eigenvalue weighted by molar-refractivity contribution is 0.669. The molecule has 0 spiro atoms. The molecule has 3 heterocycles. The van der Waals surface area contributed by atoms with Crippen molar-refractivity contribution in [1.82, 2.24) is 14.5 Å². The Labute approximate surface area is 298 Å². The lowest BCUT2D eigenvalue weighted by Gasteiger charge is -2.13. The van der Waals surface area contributed by atoms with E-state index in [9.17, 15) is 0 Å². The minimum Gasteiger partial charge on any atom is -0.456 e. The van der Waals surface area contributed by atoms with Crippen molar-refractivity contribution in [3.63, 3.8) is 0 Å². The van der Waals surface area contributed by atoms with Gasteiger partial charge >= 0.3 is 0 Å². The van der Waals surface area contributed by atoms with E-state index in [2.05, 4.69) is 156 Å². The standard InChI is InChI=1S/C48H29N3O/c1-3-13-30(14-4-1)42-29-43(31-15-5-2-6-16-31)50-48(49-42)51-44-21-11-9-19-36(44)40-25-32(23-24-45(40)51)38-26-33-27-47-41(37-20-10-12-22-46(37)52-47)28-39(33)35-18-8-7-17-34(35)38/h1-29H. The third kappa shape index (κ3) is 4.41. The highest BCUT2D eigenvalue weighted by Crippen LogP contribution is 2.41. The Morgan fingerprint density at radius 3 is 1.73 bits per heavy atom. The number of para-hydroxylation sites is 2. The molecule has 0 saturated carbocycles. The fourth-order valence-corrected chi connectivity index (χ4v) is 7.97. The molecule has 52 heavy (non-hydrogen) atoms. The molecule has 0 unspecified atom stereocenters. The van der Waals surface area contributed by atoms with Crippen LogP contribution in [0.25, 0.3) is 105 Å². The first-order valence-corrected chi connectivity index (χ1v) is 17.6. The second-order valence-corrected chi connectivity index (χ2v) is 13.4. The van der Waals surface area contributed by atoms with Gasteiger partial charge in [0.1, 0.15) is 11.2 Å². The Bertz CT molecular complexity index is 3120. The van der Waals surface area contributed by atoms with Crippen LogP contribution in [0.3, 0.4) is 0 Å². The average Bonchev–Trinajstić information content (AvgIpc) is 3.75. The zero-order chi connectivity index (χ0) is 34.2. The molecule has 0 atom stereocenters. The Hall–Kier alpha value is -7.04. The van der Waals surface area contributed by atoms with E-state index in [0.717, 1.165) is 77.2 Å². The van der Waals surface area contributed by atoms with Crippen LogP contribution in [-0.2, 0) is 0 Å². The van der Waals surface area contributed by atoms with Gasteiger partial charge in [-0.05, 0) is 81.2 Å². The van der Waals surface area contributed by atoms with Gasteiger partial charge in [0.15, 0.2) is 0 Å². The van der Waals surface area contributed by atoms with Gasteiger partial charge in [-0.15, -0.1) is 0 Å². The molecule has 0 radical (unpaired) electrons. The number of benzene rings is 8. The number of rotatable bonds is 4. The molecule has 11 rings (SSSR count). The molecular weight excluding hydrogens is 635 g/mol. The zero-order valence-corrected chi connectivity index (χ0v) is 28.0. The van der Waals surface area contributed by atoms with Gasteiger partial charge in [0.25, 0.3) is 0 Å². The van der Waals surface area contributed by atoms with Gasteiger partial charge in [0.2, 0.25) is 5.95 Å². The van der Waals surface area contributed by atoms with Crippen molar-refractivity contribution in [2.75, 3.05) is 0 Å². The fraction of sp³-hybridized carbons (Fsp3) is 0. The number of furan rings is 1. The van der Waals surface area contributed by atoms with Gasteiger partial charge in [0, 0.05) is 32.7 Å². The van der Waals surface area contributed by atoms with Crippen LogP contribution in [0.1, 0.15) is 0 Å². The minimum absolute atomic E-state index is 0.644. The summed E-state index contributed by atoms with van der Waals surface area (Å²) in [5.41, 5.74) is 10.1. The van der Waals surface area contributed by atoms with Crippen molar-refractivity contribution in [3.05, 3.63) is 176 Å². The average molecular weight is 664 g/mol. The van der Waals surface area contributed by atoms with E-state index in [1.54, 1.807) is 0 Å². The SMILES string of the molecule is c1ccc(-c2cc(-c3ccccc3)nc(-n3c4ccccc4c4cc(-c5cc6cc7oc8ccccc8c7cc6c6ccccc56)ccc43)n2)cc1. The molecular formula is C48H29N3O. The smallest absolute Gasteiger partial charge is 0.235 e. The predicted octanol–water partition coefficient (Wildman–Crippen LogP) is 12.8. The number of hydrogen-bond donors (Lipinski definition) is 0. The predicted molar refractivity (Wildman–Crippen MR) is 215 cm³/mol. The van der Waals surface area contributed by atoms with Crippen LogP contribution in [0.2, 0.25) is 0 Å². The van der Waals surface area contributed by atoms with Crippen molar-refractivity contribution in [2.45, 2.75) is 0 Å². The molecule has 3 aromatic heterocycles. The lowest BCUT2D eigenvalue weighted by atomic mass is 9.92. The van der Waals surface area contributed by atoms with Crippen LogP contribution >= 0.6 is 0 Å². The Morgan fingerprint density at radius 2 is 0.981 bits per heavy atom. The van der Waals surface area contributed by atoms with Crippen molar-refractivity contribution in [3.8, 4) is 39.6 Å². The summed E-state index contributed by atoms with van der Waals surface area (Å²) in [5, 5.41) is 9.42. The molecule has 0 fully saturated rings. The highest BCUT2D eigenvalue weighted by Gasteiger charge is 2.19. The first kappa shape index (κ1) is 28.8. The van der Waals surface area contributed by atoms with E-state index in [1.165, 1.54) is 21.7 Å². The third-order valence-corrected chi connectivity index (χ3v) is 10.4. The molecule has 0 aliphatic heterocycles. The second-order valence-electron chi connectivity index (χ2n) is 13.4. The minimum atomic E-state index is 0.644. The van der Waals surface area contributed by atoms with E-state index >= 15 is 0 Å². The van der Waals surface area contributed by atoms with Crippen LogP contribution in [0.4, 0.5) is 0 Å². The number of aromatic nitrogens is 3. The zero-order valence-electron chi connectivity index (χ0n) is 28.0. The molecule has 0 aliphatic carbocycles. The molecule has 11 aromatic rings. The van der Waals surface area contributed by atoms with E-state index in [0.29, 0.717) is 5.95 Å². The summed E-state index contributed by atoms with van der Waals surface area (Å²) in [7, 11) is 0. The van der Waals surface area contributed by atoms with Crippen molar-refractivity contribution in [2.24, 2.45) is 0 Å². The van der Waals surface area contributed by atoms with Gasteiger partial charge in [-0.2, -0.15) is 0 Å². The third-order valence-electron chi connectivity index (χ3n) is 10.4. The summed E-state index contributed by atoms with van der Waals surface area (Å²) in [6, 6.07) is 62.0. The maximum absolute atomic E-state index is 6.33. The largest absolute Gasteiger partial charge is 0.456 e. The first-order chi connectivity index (χ1) is 25.8. The van der Waals surface area contributed by atoms with Crippen LogP contribution in [0.15, 0.2) is 180 Å². The van der Waals surface area contributed by atoms with E-state index in [1.807, 2.05) is 24.3 Å². The molecule has 4 heteroatoms. The normalized spacial score (nSPS) is 11.8. The molecule has 0 saturated heterocycles. The highest BCUT2D eigenvalue weighted by molar-refractivity contribution is 6.20. The summed E-state index contributed by atoms with van der Waals surface area (Å²) in [6.07, 6.45) is 0. The fourth-order valence-electron chi connectivity index (χ4n) is 7.97. The van der Waals surface area contributed by atoms with Gasteiger partial charge in [-0.25, -0.2) is 9.97 Å². The summed E-state index contributed by atoms with van der Waals surface area (Å²) in [5.74, 6) is 0.644. The van der Waals surface area contributed by atoms with Crippen molar-refractivity contribution >= 4 is 65.3 Å². The summed E-state index contributed by atoms with van der Waals surface area (Å²) in [4.78, 5) is 10.4. The van der Waals surface area contributed by atoms with Gasteiger partial charge in [-0.3, -0.25) is 4.57 Å². The Morgan fingerprint density at radius 1 is 0.365 bits per heavy atom. The molecule has 0 aliphatic rings. The van der Waals surface area contributed by atoms with E-state index in [-0.39, 0.29) is 0 Å². The van der Waals surface area contributed by atoms with Crippen molar-refractivity contribution < 1.29 is 4.42 Å². The van der Waals surface area contributed by atoms with Crippen LogP contribution in [0, 0.1) is 0 Å². The van der Waals surface area contributed by atoms with Gasteiger partial charge in [0.05, 0.1) is 22.4 Å². The molecule has 0 N–H and O–H groups in total. The first-order valence-electron chi connectivity index (χ1n) is 17.6. The summed E-state index contributed by atoms with van der Waals surface area (Å²) in [6.45, 7) is 0. The van der Waals surface area contributed by atoms with Crippen LogP contribution < -0.4 is 0 Å². The van der Waals surface area contributed by atoms with Crippen LogP contribution in [0.5, 0.6) is 0 Å². The van der Waals surface area contributed by atoms with Gasteiger partial charge < -0.3 is 4.42 Å². The Balaban J connectivity index is 1.15. The Kier molecular flexibility index (Phi) is 6.22. The molecule has 0 bridgehead atoms. The number of fused-ring (bicyclic) bond motifs is 9. The van der Waals surface area contributed by atoms with Crippen LogP contribution in [-0.4, -0.2) is 14.5 Å².